The Hall–Kier alpha value is -0.860. The van der Waals surface area contributed by atoms with E-state index in [4.69, 9.17) is 5.84 Å². The summed E-state index contributed by atoms with van der Waals surface area (Å²) in [5.74, 6) is 7.30. The molecule has 3 unspecified atom stereocenters. The van der Waals surface area contributed by atoms with Gasteiger partial charge in [-0.25, -0.2) is 0 Å². The molecule has 2 nitrogen and oxygen atoms in total. The smallest absolute Gasteiger partial charge is 0.0281 e. The molecule has 3 N–H and O–H groups in total. The summed E-state index contributed by atoms with van der Waals surface area (Å²) in [4.78, 5) is 0. The van der Waals surface area contributed by atoms with Gasteiger partial charge in [0.05, 0.1) is 0 Å². The fourth-order valence-electron chi connectivity index (χ4n) is 3.00. The molecule has 1 aromatic rings. The van der Waals surface area contributed by atoms with E-state index in [0.717, 1.165) is 18.3 Å². The maximum absolute atomic E-state index is 5.70. The number of benzene rings is 1. The third-order valence-electron chi connectivity index (χ3n) is 4.17. The van der Waals surface area contributed by atoms with Crippen LogP contribution in [0.4, 0.5) is 0 Å². The van der Waals surface area contributed by atoms with Crippen molar-refractivity contribution in [2.24, 2.45) is 17.7 Å². The summed E-state index contributed by atoms with van der Waals surface area (Å²) in [7, 11) is 0. The maximum Gasteiger partial charge on any atom is 0.0281 e. The van der Waals surface area contributed by atoms with E-state index in [9.17, 15) is 0 Å². The highest BCUT2D eigenvalue weighted by Gasteiger charge is 2.39. The monoisotopic (exact) mass is 232 g/mol. The van der Waals surface area contributed by atoms with Crippen LogP contribution < -0.4 is 11.3 Å². The van der Waals surface area contributed by atoms with Crippen LogP contribution in [-0.4, -0.2) is 6.04 Å². The van der Waals surface area contributed by atoms with Crippen LogP contribution >= 0.6 is 0 Å². The normalized spacial score (nSPS) is 24.8. The topological polar surface area (TPSA) is 38.0 Å². The Morgan fingerprint density at radius 3 is 2.24 bits per heavy atom. The molecular formula is C15H24N2. The number of nitrogens with two attached hydrogens (primary N) is 1. The quantitative estimate of drug-likeness (QED) is 0.618. The summed E-state index contributed by atoms with van der Waals surface area (Å²) < 4.78 is 0. The summed E-state index contributed by atoms with van der Waals surface area (Å²) in [6.07, 6.45) is 2.38. The van der Waals surface area contributed by atoms with Crippen molar-refractivity contribution >= 4 is 0 Å². The molecule has 0 spiro atoms. The minimum atomic E-state index is 0.435. The van der Waals surface area contributed by atoms with E-state index in [-0.39, 0.29) is 0 Å². The van der Waals surface area contributed by atoms with Crippen molar-refractivity contribution in [1.82, 2.24) is 5.43 Å². The van der Waals surface area contributed by atoms with Crippen molar-refractivity contribution in [2.45, 2.75) is 46.6 Å². The predicted octanol–water partition coefficient (Wildman–Crippen LogP) is 2.64. The summed E-state index contributed by atoms with van der Waals surface area (Å²) in [5, 5.41) is 0. The standard InChI is InChI=1S/C15H24N2/c1-9-5-10(2)13(11(3)6-9)8-15(17-16)14-7-12(14)4/h5-6,12,14-15,17H,7-8,16H2,1-4H3. The van der Waals surface area contributed by atoms with Gasteiger partial charge in [-0.1, -0.05) is 24.6 Å². The van der Waals surface area contributed by atoms with Crippen LogP contribution in [-0.2, 0) is 6.42 Å². The van der Waals surface area contributed by atoms with Gasteiger partial charge in [-0.2, -0.15) is 0 Å². The fourth-order valence-corrected chi connectivity index (χ4v) is 3.00. The number of hydrazine groups is 1. The summed E-state index contributed by atoms with van der Waals surface area (Å²) in [6, 6.07) is 4.98. The van der Waals surface area contributed by atoms with Crippen LogP contribution in [0.1, 0.15) is 35.6 Å². The van der Waals surface area contributed by atoms with Crippen molar-refractivity contribution in [3.05, 3.63) is 34.4 Å². The van der Waals surface area contributed by atoms with Crippen molar-refractivity contribution in [1.29, 1.82) is 0 Å². The van der Waals surface area contributed by atoms with Crippen molar-refractivity contribution in [3.63, 3.8) is 0 Å². The third kappa shape index (κ3) is 2.70. The van der Waals surface area contributed by atoms with Gasteiger partial charge in [0.25, 0.3) is 0 Å². The van der Waals surface area contributed by atoms with Gasteiger partial charge < -0.3 is 0 Å². The lowest BCUT2D eigenvalue weighted by molar-refractivity contribution is 0.453. The molecule has 17 heavy (non-hydrogen) atoms. The summed E-state index contributed by atoms with van der Waals surface area (Å²) in [6.45, 7) is 8.88. The van der Waals surface area contributed by atoms with E-state index in [1.807, 2.05) is 0 Å². The number of rotatable bonds is 4. The first-order valence-corrected chi connectivity index (χ1v) is 6.55. The highest BCUT2D eigenvalue weighted by molar-refractivity contribution is 5.38. The molecule has 0 radical (unpaired) electrons. The second kappa shape index (κ2) is 4.79. The fraction of sp³-hybridized carbons (Fsp3) is 0.600. The molecule has 0 aliphatic heterocycles. The Morgan fingerprint density at radius 2 is 1.82 bits per heavy atom. The first-order chi connectivity index (χ1) is 8.02. The zero-order valence-corrected chi connectivity index (χ0v) is 11.4. The van der Waals surface area contributed by atoms with E-state index < -0.39 is 0 Å². The van der Waals surface area contributed by atoms with Crippen LogP contribution in [0.25, 0.3) is 0 Å². The van der Waals surface area contributed by atoms with E-state index in [0.29, 0.717) is 6.04 Å². The van der Waals surface area contributed by atoms with E-state index in [1.54, 1.807) is 0 Å². The second-order valence-electron chi connectivity index (χ2n) is 5.73. The van der Waals surface area contributed by atoms with Gasteiger partial charge in [-0.15, -0.1) is 0 Å². The zero-order chi connectivity index (χ0) is 12.6. The average molecular weight is 232 g/mol. The largest absolute Gasteiger partial charge is 0.271 e. The molecule has 1 fully saturated rings. The van der Waals surface area contributed by atoms with Gasteiger partial charge in [0.2, 0.25) is 0 Å². The molecule has 0 amide bonds. The SMILES string of the molecule is Cc1cc(C)c(CC(NN)C2CC2C)c(C)c1. The predicted molar refractivity (Wildman–Crippen MR) is 72.7 cm³/mol. The minimum absolute atomic E-state index is 0.435. The molecule has 94 valence electrons. The van der Waals surface area contributed by atoms with E-state index in [2.05, 4.69) is 45.3 Å². The molecule has 1 aliphatic carbocycles. The molecular weight excluding hydrogens is 208 g/mol. The Bertz CT molecular complexity index is 388. The van der Waals surface area contributed by atoms with Gasteiger partial charge in [-0.3, -0.25) is 11.3 Å². The Morgan fingerprint density at radius 1 is 1.29 bits per heavy atom. The number of hydrogen-bond acceptors (Lipinski definition) is 2. The van der Waals surface area contributed by atoms with Gasteiger partial charge in [0, 0.05) is 6.04 Å². The molecule has 0 saturated heterocycles. The Labute approximate surface area is 105 Å². The van der Waals surface area contributed by atoms with Crippen LogP contribution in [0.5, 0.6) is 0 Å². The third-order valence-corrected chi connectivity index (χ3v) is 4.17. The lowest BCUT2D eigenvalue weighted by Gasteiger charge is -2.19. The molecule has 2 heteroatoms. The highest BCUT2D eigenvalue weighted by Crippen LogP contribution is 2.41. The minimum Gasteiger partial charge on any atom is -0.271 e. The van der Waals surface area contributed by atoms with Crippen LogP contribution in [0, 0.1) is 32.6 Å². The lowest BCUT2D eigenvalue weighted by atomic mass is 9.92. The number of aryl methyl sites for hydroxylation is 3. The molecule has 1 aromatic carbocycles. The number of hydrogen-bond donors (Lipinski definition) is 2. The van der Waals surface area contributed by atoms with Crippen molar-refractivity contribution < 1.29 is 0 Å². The molecule has 0 heterocycles. The second-order valence-corrected chi connectivity index (χ2v) is 5.73. The Balaban J connectivity index is 2.17. The first kappa shape index (κ1) is 12.6. The lowest BCUT2D eigenvalue weighted by Crippen LogP contribution is -2.39. The van der Waals surface area contributed by atoms with Gasteiger partial charge in [0.15, 0.2) is 0 Å². The molecule has 1 aliphatic rings. The van der Waals surface area contributed by atoms with Crippen LogP contribution in [0.15, 0.2) is 12.1 Å². The average Bonchev–Trinajstić information content (AvgIpc) is 2.94. The van der Waals surface area contributed by atoms with E-state index >= 15 is 0 Å². The van der Waals surface area contributed by atoms with Crippen LogP contribution in [0.2, 0.25) is 0 Å². The van der Waals surface area contributed by atoms with Crippen molar-refractivity contribution in [3.8, 4) is 0 Å². The van der Waals surface area contributed by atoms with Crippen molar-refractivity contribution in [2.75, 3.05) is 0 Å². The summed E-state index contributed by atoms with van der Waals surface area (Å²) in [5.41, 5.74) is 8.63. The Kier molecular flexibility index (Phi) is 3.55. The number of nitrogens with one attached hydrogen (secondary N) is 1. The molecule has 0 bridgehead atoms. The van der Waals surface area contributed by atoms with Gasteiger partial charge >= 0.3 is 0 Å². The molecule has 2 rings (SSSR count). The highest BCUT2D eigenvalue weighted by atomic mass is 15.2. The molecule has 0 aromatic heterocycles. The van der Waals surface area contributed by atoms with Gasteiger partial charge in [-0.05, 0) is 62.1 Å². The zero-order valence-electron chi connectivity index (χ0n) is 11.4. The van der Waals surface area contributed by atoms with Gasteiger partial charge in [0.1, 0.15) is 0 Å². The molecule has 3 atom stereocenters. The first-order valence-electron chi connectivity index (χ1n) is 6.55. The van der Waals surface area contributed by atoms with Crippen LogP contribution in [0.3, 0.4) is 0 Å². The maximum atomic E-state index is 5.70. The molecule has 1 saturated carbocycles. The van der Waals surface area contributed by atoms with E-state index in [1.165, 1.54) is 28.7 Å². The summed E-state index contributed by atoms with van der Waals surface area (Å²) >= 11 is 0.